The van der Waals surface area contributed by atoms with Crippen molar-refractivity contribution in [3.63, 3.8) is 0 Å². The number of hydrogen-bond donors (Lipinski definition) is 0. The fraction of sp³-hybridized carbons (Fsp3) is 0.529. The zero-order valence-electron chi connectivity index (χ0n) is 12.6. The highest BCUT2D eigenvalue weighted by atomic mass is 35.5. The van der Waals surface area contributed by atoms with Gasteiger partial charge in [-0.1, -0.05) is 23.7 Å². The number of halogens is 1. The molecule has 1 aliphatic heterocycles. The Balaban J connectivity index is 1.44. The van der Waals surface area contributed by atoms with Crippen LogP contribution in [0, 0.1) is 5.92 Å². The van der Waals surface area contributed by atoms with Gasteiger partial charge >= 0.3 is 0 Å². The van der Waals surface area contributed by atoms with Gasteiger partial charge in [0.1, 0.15) is 0 Å². The van der Waals surface area contributed by atoms with Crippen LogP contribution < -0.4 is 0 Å². The molecule has 2 aliphatic rings. The largest absolute Gasteiger partial charge is 0.339 e. The topological polar surface area (TPSA) is 40.6 Å². The molecule has 1 aromatic carbocycles. The fourth-order valence-corrected chi connectivity index (χ4v) is 3.08. The maximum absolute atomic E-state index is 12.3. The quantitative estimate of drug-likeness (QED) is 0.854. The van der Waals surface area contributed by atoms with Crippen LogP contribution in [0.5, 0.6) is 0 Å². The smallest absolute Gasteiger partial charge is 0.225 e. The van der Waals surface area contributed by atoms with E-state index in [1.165, 1.54) is 0 Å². The van der Waals surface area contributed by atoms with Crippen LogP contribution in [-0.2, 0) is 16.0 Å². The second-order valence-corrected chi connectivity index (χ2v) is 6.55. The molecule has 1 saturated heterocycles. The number of nitrogens with zero attached hydrogens (tertiary/aromatic N) is 2. The lowest BCUT2D eigenvalue weighted by Crippen LogP contribution is -2.51. The summed E-state index contributed by atoms with van der Waals surface area (Å²) < 4.78 is 0. The summed E-state index contributed by atoms with van der Waals surface area (Å²) in [6, 6.07) is 7.64. The van der Waals surface area contributed by atoms with Gasteiger partial charge in [0.25, 0.3) is 0 Å². The van der Waals surface area contributed by atoms with Crippen LogP contribution in [0.1, 0.15) is 24.8 Å². The third-order valence-electron chi connectivity index (χ3n) is 4.39. The summed E-state index contributed by atoms with van der Waals surface area (Å²) in [5, 5.41) is 0.706. The maximum atomic E-state index is 12.3. The Morgan fingerprint density at radius 2 is 1.77 bits per heavy atom. The van der Waals surface area contributed by atoms with E-state index in [-0.39, 0.29) is 17.7 Å². The summed E-state index contributed by atoms with van der Waals surface area (Å²) in [6.45, 7) is 2.68. The third kappa shape index (κ3) is 3.80. The molecule has 1 aromatic rings. The highest BCUT2D eigenvalue weighted by molar-refractivity contribution is 6.30. The first-order valence-electron chi connectivity index (χ1n) is 7.94. The summed E-state index contributed by atoms with van der Waals surface area (Å²) in [6.07, 6.45) is 3.28. The second-order valence-electron chi connectivity index (χ2n) is 6.11. The van der Waals surface area contributed by atoms with Gasteiger partial charge in [-0.25, -0.2) is 0 Å². The zero-order chi connectivity index (χ0) is 15.5. The molecule has 3 rings (SSSR count). The van der Waals surface area contributed by atoms with Crippen molar-refractivity contribution in [3.05, 3.63) is 34.9 Å². The Bertz CT molecular complexity index is 564. The summed E-state index contributed by atoms with van der Waals surface area (Å²) in [7, 11) is 0. The lowest BCUT2D eigenvalue weighted by molar-refractivity contribution is -0.140. The molecule has 2 fully saturated rings. The number of piperazine rings is 1. The van der Waals surface area contributed by atoms with Gasteiger partial charge < -0.3 is 9.80 Å². The summed E-state index contributed by atoms with van der Waals surface area (Å²) in [5.74, 6) is 0.717. The summed E-state index contributed by atoms with van der Waals surface area (Å²) in [5.41, 5.74) is 1.09. The van der Waals surface area contributed by atoms with Gasteiger partial charge in [-0.2, -0.15) is 0 Å². The number of benzene rings is 1. The monoisotopic (exact) mass is 320 g/mol. The highest BCUT2D eigenvalue weighted by Gasteiger charge is 2.35. The molecule has 0 atom stereocenters. The Labute approximate surface area is 136 Å². The molecule has 118 valence electrons. The molecule has 0 radical (unpaired) electrons. The number of carbonyl (C=O) groups excluding carboxylic acids is 2. The standard InChI is InChI=1S/C17H21ClN2O2/c18-15-3-1-2-13(12-15)4-7-16(21)19-8-10-20(11-9-19)17(22)14-5-6-14/h1-3,12,14H,4-11H2. The van der Waals surface area contributed by atoms with E-state index < -0.39 is 0 Å². The Morgan fingerprint density at radius 3 is 2.41 bits per heavy atom. The maximum Gasteiger partial charge on any atom is 0.225 e. The molecule has 0 spiro atoms. The first-order valence-corrected chi connectivity index (χ1v) is 8.32. The molecule has 1 saturated carbocycles. The number of amides is 2. The minimum Gasteiger partial charge on any atom is -0.339 e. The molecule has 0 bridgehead atoms. The van der Waals surface area contributed by atoms with Crippen molar-refractivity contribution in [2.24, 2.45) is 5.92 Å². The van der Waals surface area contributed by atoms with Crippen molar-refractivity contribution in [2.45, 2.75) is 25.7 Å². The predicted octanol–water partition coefficient (Wildman–Crippen LogP) is 2.35. The van der Waals surface area contributed by atoms with Crippen molar-refractivity contribution in [1.29, 1.82) is 0 Å². The van der Waals surface area contributed by atoms with Crippen molar-refractivity contribution in [2.75, 3.05) is 26.2 Å². The average molecular weight is 321 g/mol. The average Bonchev–Trinajstić information content (AvgIpc) is 3.37. The zero-order valence-corrected chi connectivity index (χ0v) is 13.4. The molecule has 1 aliphatic carbocycles. The van der Waals surface area contributed by atoms with Crippen LogP contribution in [-0.4, -0.2) is 47.8 Å². The van der Waals surface area contributed by atoms with E-state index in [1.807, 2.05) is 34.1 Å². The van der Waals surface area contributed by atoms with Crippen LogP contribution in [0.15, 0.2) is 24.3 Å². The van der Waals surface area contributed by atoms with Gasteiger partial charge in [-0.3, -0.25) is 9.59 Å². The second kappa shape index (κ2) is 6.69. The normalized spacial score (nSPS) is 18.4. The lowest BCUT2D eigenvalue weighted by Gasteiger charge is -2.35. The molecule has 0 aromatic heterocycles. The predicted molar refractivity (Wildman–Crippen MR) is 85.7 cm³/mol. The Morgan fingerprint density at radius 1 is 1.09 bits per heavy atom. The number of rotatable bonds is 4. The van der Waals surface area contributed by atoms with Crippen LogP contribution in [0.3, 0.4) is 0 Å². The number of carbonyl (C=O) groups is 2. The van der Waals surface area contributed by atoms with E-state index >= 15 is 0 Å². The molecule has 5 heteroatoms. The third-order valence-corrected chi connectivity index (χ3v) is 4.62. The van der Waals surface area contributed by atoms with Crippen molar-refractivity contribution >= 4 is 23.4 Å². The van der Waals surface area contributed by atoms with Crippen molar-refractivity contribution < 1.29 is 9.59 Å². The van der Waals surface area contributed by atoms with Crippen LogP contribution >= 0.6 is 11.6 Å². The van der Waals surface area contributed by atoms with E-state index in [2.05, 4.69) is 0 Å². The molecule has 22 heavy (non-hydrogen) atoms. The van der Waals surface area contributed by atoms with E-state index in [9.17, 15) is 9.59 Å². The molecular formula is C17H21ClN2O2. The van der Waals surface area contributed by atoms with Crippen LogP contribution in [0.2, 0.25) is 5.02 Å². The summed E-state index contributed by atoms with van der Waals surface area (Å²) >= 11 is 5.95. The number of aryl methyl sites for hydroxylation is 1. The molecule has 1 heterocycles. The van der Waals surface area contributed by atoms with Crippen LogP contribution in [0.25, 0.3) is 0 Å². The van der Waals surface area contributed by atoms with Gasteiger partial charge in [0, 0.05) is 43.5 Å². The lowest BCUT2D eigenvalue weighted by atomic mass is 10.1. The van der Waals surface area contributed by atoms with E-state index in [0.29, 0.717) is 44.0 Å². The van der Waals surface area contributed by atoms with E-state index in [4.69, 9.17) is 11.6 Å². The number of hydrogen-bond acceptors (Lipinski definition) is 2. The Kier molecular flexibility index (Phi) is 4.67. The van der Waals surface area contributed by atoms with Crippen molar-refractivity contribution in [1.82, 2.24) is 9.80 Å². The molecule has 2 amide bonds. The molecule has 0 N–H and O–H groups in total. The molecule has 4 nitrogen and oxygen atoms in total. The van der Waals surface area contributed by atoms with Gasteiger partial charge in [0.2, 0.25) is 11.8 Å². The first-order chi connectivity index (χ1) is 10.6. The summed E-state index contributed by atoms with van der Waals surface area (Å²) in [4.78, 5) is 28.0. The van der Waals surface area contributed by atoms with Gasteiger partial charge in [-0.15, -0.1) is 0 Å². The molecular weight excluding hydrogens is 300 g/mol. The van der Waals surface area contributed by atoms with Crippen LogP contribution in [0.4, 0.5) is 0 Å². The minimum atomic E-state index is 0.165. The molecule has 0 unspecified atom stereocenters. The van der Waals surface area contributed by atoms with E-state index in [1.54, 1.807) is 0 Å². The minimum absolute atomic E-state index is 0.165. The van der Waals surface area contributed by atoms with Gasteiger partial charge in [0.05, 0.1) is 0 Å². The van der Waals surface area contributed by atoms with Crippen molar-refractivity contribution in [3.8, 4) is 0 Å². The van der Waals surface area contributed by atoms with Gasteiger partial charge in [0.15, 0.2) is 0 Å². The van der Waals surface area contributed by atoms with E-state index in [0.717, 1.165) is 18.4 Å². The fourth-order valence-electron chi connectivity index (χ4n) is 2.87. The Hall–Kier alpha value is -1.55. The SMILES string of the molecule is O=C(CCc1cccc(Cl)c1)N1CCN(C(=O)C2CC2)CC1. The highest BCUT2D eigenvalue weighted by Crippen LogP contribution is 2.31. The first kappa shape index (κ1) is 15.3. The van der Waals surface area contributed by atoms with Gasteiger partial charge in [-0.05, 0) is 37.0 Å².